The standard InChI is InChI=1S/C17H20N2O3/c1-3-8-19(10-11-4-5-11)15(20)12-6-7-13-14(9-12)17(22)18(2)16(13)21/h6-7,9,11H,3-5,8,10H2,1-2H3. The molecular formula is C17H20N2O3. The number of carbonyl (C=O) groups excluding carboxylic acids is 3. The van der Waals surface area contributed by atoms with Crippen molar-refractivity contribution in [3.63, 3.8) is 0 Å². The zero-order chi connectivity index (χ0) is 15.9. The Morgan fingerprint density at radius 2 is 1.91 bits per heavy atom. The lowest BCUT2D eigenvalue weighted by atomic mass is 10.0. The monoisotopic (exact) mass is 300 g/mol. The molecule has 0 atom stereocenters. The third-order valence-electron chi connectivity index (χ3n) is 4.29. The first-order chi connectivity index (χ1) is 10.5. The molecule has 116 valence electrons. The largest absolute Gasteiger partial charge is 0.338 e. The summed E-state index contributed by atoms with van der Waals surface area (Å²) in [5, 5.41) is 0. The van der Waals surface area contributed by atoms with Gasteiger partial charge < -0.3 is 4.90 Å². The molecule has 0 aromatic heterocycles. The summed E-state index contributed by atoms with van der Waals surface area (Å²) in [6.45, 7) is 3.56. The van der Waals surface area contributed by atoms with Crippen molar-refractivity contribution in [1.29, 1.82) is 0 Å². The van der Waals surface area contributed by atoms with Gasteiger partial charge in [-0.2, -0.15) is 0 Å². The van der Waals surface area contributed by atoms with Crippen LogP contribution in [-0.4, -0.2) is 47.7 Å². The molecule has 3 rings (SSSR count). The maximum atomic E-state index is 12.7. The Hall–Kier alpha value is -2.17. The fourth-order valence-corrected chi connectivity index (χ4v) is 2.83. The Morgan fingerprint density at radius 3 is 2.55 bits per heavy atom. The van der Waals surface area contributed by atoms with Gasteiger partial charge in [0.15, 0.2) is 0 Å². The van der Waals surface area contributed by atoms with Crippen LogP contribution in [0.15, 0.2) is 18.2 Å². The average Bonchev–Trinajstić information content (AvgIpc) is 3.31. The van der Waals surface area contributed by atoms with Crippen LogP contribution in [0.4, 0.5) is 0 Å². The van der Waals surface area contributed by atoms with E-state index in [0.717, 1.165) is 24.4 Å². The van der Waals surface area contributed by atoms with E-state index in [0.29, 0.717) is 22.6 Å². The molecule has 1 fully saturated rings. The highest BCUT2D eigenvalue weighted by Gasteiger charge is 2.34. The molecule has 1 aromatic rings. The Kier molecular flexibility index (Phi) is 3.72. The summed E-state index contributed by atoms with van der Waals surface area (Å²) in [6, 6.07) is 4.81. The average molecular weight is 300 g/mol. The summed E-state index contributed by atoms with van der Waals surface area (Å²) in [4.78, 5) is 39.6. The van der Waals surface area contributed by atoms with E-state index in [1.807, 2.05) is 11.8 Å². The Morgan fingerprint density at radius 1 is 1.23 bits per heavy atom. The van der Waals surface area contributed by atoms with Crippen molar-refractivity contribution in [1.82, 2.24) is 9.80 Å². The molecule has 0 unspecified atom stereocenters. The molecule has 0 radical (unpaired) electrons. The van der Waals surface area contributed by atoms with Crippen LogP contribution in [0.1, 0.15) is 57.3 Å². The van der Waals surface area contributed by atoms with E-state index in [-0.39, 0.29) is 17.7 Å². The molecule has 22 heavy (non-hydrogen) atoms. The molecule has 1 aromatic carbocycles. The summed E-state index contributed by atoms with van der Waals surface area (Å²) in [6.07, 6.45) is 3.29. The highest BCUT2D eigenvalue weighted by molar-refractivity contribution is 6.21. The van der Waals surface area contributed by atoms with Gasteiger partial charge in [0.2, 0.25) is 0 Å². The first-order valence-corrected chi connectivity index (χ1v) is 7.78. The highest BCUT2D eigenvalue weighted by atomic mass is 16.2. The number of rotatable bonds is 5. The Balaban J connectivity index is 1.87. The van der Waals surface area contributed by atoms with Gasteiger partial charge in [0.1, 0.15) is 0 Å². The molecule has 0 N–H and O–H groups in total. The molecule has 0 bridgehead atoms. The van der Waals surface area contributed by atoms with Crippen molar-refractivity contribution in [2.45, 2.75) is 26.2 Å². The molecule has 1 aliphatic carbocycles. The van der Waals surface area contributed by atoms with Crippen LogP contribution in [0.25, 0.3) is 0 Å². The van der Waals surface area contributed by atoms with Crippen molar-refractivity contribution < 1.29 is 14.4 Å². The van der Waals surface area contributed by atoms with E-state index in [1.165, 1.54) is 19.9 Å². The lowest BCUT2D eigenvalue weighted by molar-refractivity contribution is 0.0692. The number of nitrogens with zero attached hydrogens (tertiary/aromatic N) is 2. The molecule has 0 saturated heterocycles. The van der Waals surface area contributed by atoms with Crippen molar-refractivity contribution in [2.24, 2.45) is 5.92 Å². The summed E-state index contributed by atoms with van der Waals surface area (Å²) in [5.74, 6) is -0.0631. The second-order valence-electron chi connectivity index (χ2n) is 6.12. The topological polar surface area (TPSA) is 57.7 Å². The third kappa shape index (κ3) is 2.51. The van der Waals surface area contributed by atoms with Crippen molar-refractivity contribution in [2.75, 3.05) is 20.1 Å². The third-order valence-corrected chi connectivity index (χ3v) is 4.29. The molecule has 0 spiro atoms. The molecule has 1 saturated carbocycles. The first-order valence-electron chi connectivity index (χ1n) is 7.78. The van der Waals surface area contributed by atoms with E-state index < -0.39 is 0 Å². The van der Waals surface area contributed by atoms with Crippen LogP contribution >= 0.6 is 0 Å². The maximum absolute atomic E-state index is 12.7. The number of amides is 3. The second-order valence-corrected chi connectivity index (χ2v) is 6.12. The zero-order valence-electron chi connectivity index (χ0n) is 13.0. The second kappa shape index (κ2) is 5.55. The van der Waals surface area contributed by atoms with Crippen molar-refractivity contribution >= 4 is 17.7 Å². The molecule has 5 heteroatoms. The lowest BCUT2D eigenvalue weighted by Crippen LogP contribution is -2.33. The maximum Gasteiger partial charge on any atom is 0.261 e. The van der Waals surface area contributed by atoms with Crippen LogP contribution < -0.4 is 0 Å². The fraction of sp³-hybridized carbons (Fsp3) is 0.471. The van der Waals surface area contributed by atoms with Gasteiger partial charge in [-0.3, -0.25) is 19.3 Å². The number of hydrogen-bond donors (Lipinski definition) is 0. The van der Waals surface area contributed by atoms with Gasteiger partial charge >= 0.3 is 0 Å². The van der Waals surface area contributed by atoms with Crippen LogP contribution in [-0.2, 0) is 0 Å². The van der Waals surface area contributed by atoms with Crippen molar-refractivity contribution in [3.05, 3.63) is 34.9 Å². The lowest BCUT2D eigenvalue weighted by Gasteiger charge is -2.22. The molecule has 5 nitrogen and oxygen atoms in total. The number of imide groups is 1. The fourth-order valence-electron chi connectivity index (χ4n) is 2.83. The number of fused-ring (bicyclic) bond motifs is 1. The van der Waals surface area contributed by atoms with Gasteiger partial charge in [0.05, 0.1) is 11.1 Å². The minimum Gasteiger partial charge on any atom is -0.338 e. The van der Waals surface area contributed by atoms with Gasteiger partial charge in [0.25, 0.3) is 17.7 Å². The predicted molar refractivity (Wildman–Crippen MR) is 81.8 cm³/mol. The number of carbonyl (C=O) groups is 3. The smallest absolute Gasteiger partial charge is 0.261 e. The zero-order valence-corrected chi connectivity index (χ0v) is 13.0. The van der Waals surface area contributed by atoms with Gasteiger partial charge in [-0.1, -0.05) is 6.92 Å². The summed E-state index contributed by atoms with van der Waals surface area (Å²) in [5.41, 5.74) is 1.21. The van der Waals surface area contributed by atoms with E-state index in [9.17, 15) is 14.4 Å². The van der Waals surface area contributed by atoms with Gasteiger partial charge in [-0.25, -0.2) is 0 Å². The van der Waals surface area contributed by atoms with Crippen LogP contribution in [0.5, 0.6) is 0 Å². The summed E-state index contributed by atoms with van der Waals surface area (Å²) < 4.78 is 0. The van der Waals surface area contributed by atoms with E-state index >= 15 is 0 Å². The minimum absolute atomic E-state index is 0.0497. The van der Waals surface area contributed by atoms with Crippen LogP contribution in [0.3, 0.4) is 0 Å². The SMILES string of the molecule is CCCN(CC1CC1)C(=O)c1ccc2c(c1)C(=O)N(C)C2=O. The summed E-state index contributed by atoms with van der Waals surface area (Å²) in [7, 11) is 1.46. The van der Waals surface area contributed by atoms with Gasteiger partial charge in [-0.15, -0.1) is 0 Å². The van der Waals surface area contributed by atoms with E-state index in [2.05, 4.69) is 0 Å². The number of hydrogen-bond acceptors (Lipinski definition) is 3. The normalized spacial score (nSPS) is 16.9. The number of benzene rings is 1. The molecule has 1 aliphatic heterocycles. The van der Waals surface area contributed by atoms with E-state index in [4.69, 9.17) is 0 Å². The van der Waals surface area contributed by atoms with Gasteiger partial charge in [0, 0.05) is 25.7 Å². The van der Waals surface area contributed by atoms with E-state index in [1.54, 1.807) is 18.2 Å². The first kappa shape index (κ1) is 14.8. The minimum atomic E-state index is -0.334. The highest BCUT2D eigenvalue weighted by Crippen LogP contribution is 2.30. The van der Waals surface area contributed by atoms with Crippen molar-refractivity contribution in [3.8, 4) is 0 Å². The molecule has 3 amide bonds. The van der Waals surface area contributed by atoms with Gasteiger partial charge in [-0.05, 0) is 43.4 Å². The predicted octanol–water partition coefficient (Wildman–Crippen LogP) is 2.17. The Bertz CT molecular complexity index is 649. The molecule has 2 aliphatic rings. The molecular weight excluding hydrogens is 280 g/mol. The quantitative estimate of drug-likeness (QED) is 0.783. The molecule has 1 heterocycles. The summed E-state index contributed by atoms with van der Waals surface area (Å²) >= 11 is 0. The van der Waals surface area contributed by atoms with Crippen LogP contribution in [0, 0.1) is 5.92 Å². The van der Waals surface area contributed by atoms with Crippen LogP contribution in [0.2, 0.25) is 0 Å². The Labute approximate surface area is 129 Å².